The molecule has 0 aliphatic heterocycles. The lowest BCUT2D eigenvalue weighted by Gasteiger charge is -2.33. The molecule has 0 fully saturated rings. The Morgan fingerprint density at radius 2 is 1.85 bits per heavy atom. The molecule has 0 bridgehead atoms. The molecule has 2 N–H and O–H groups in total. The largest absolute Gasteiger partial charge is 0.481 e. The number of aliphatic carboxylic acids is 1. The lowest BCUT2D eigenvalue weighted by atomic mass is 10.2. The van der Waals surface area contributed by atoms with E-state index in [1.54, 1.807) is 13.8 Å². The van der Waals surface area contributed by atoms with Crippen LogP contribution < -0.4 is 5.32 Å². The van der Waals surface area contributed by atoms with Gasteiger partial charge in [0.15, 0.2) is 0 Å². The minimum absolute atomic E-state index is 0.0144. The second-order valence-electron chi connectivity index (χ2n) is 4.61. The van der Waals surface area contributed by atoms with Crippen molar-refractivity contribution in [3.05, 3.63) is 0 Å². The van der Waals surface area contributed by atoms with Crippen LogP contribution in [0.1, 0.15) is 33.6 Å². The number of hydrogen-bond donors (Lipinski definition) is 2. The van der Waals surface area contributed by atoms with Crippen LogP contribution in [0.15, 0.2) is 0 Å². The summed E-state index contributed by atoms with van der Waals surface area (Å²) in [6.45, 7) is 6.25. The fourth-order valence-corrected chi connectivity index (χ4v) is 1.94. The average molecular weight is 287 g/mol. The first-order chi connectivity index (χ1) is 9.37. The summed E-state index contributed by atoms with van der Waals surface area (Å²) < 4.78 is 0. The Balaban J connectivity index is 4.89. The van der Waals surface area contributed by atoms with Crippen molar-refractivity contribution in [2.24, 2.45) is 0 Å². The van der Waals surface area contributed by atoms with Gasteiger partial charge in [-0.05, 0) is 20.3 Å². The third-order valence-corrected chi connectivity index (χ3v) is 2.97. The predicted octanol–water partition coefficient (Wildman–Crippen LogP) is 0.750. The highest BCUT2D eigenvalue weighted by molar-refractivity contribution is 5.84. The molecule has 0 aromatic heterocycles. The van der Waals surface area contributed by atoms with E-state index < -0.39 is 12.0 Å². The Morgan fingerprint density at radius 3 is 2.25 bits per heavy atom. The smallest absolute Gasteiger partial charge is 0.320 e. The van der Waals surface area contributed by atoms with Crippen molar-refractivity contribution in [1.29, 1.82) is 0 Å². The van der Waals surface area contributed by atoms with Gasteiger partial charge in [-0.25, -0.2) is 4.79 Å². The van der Waals surface area contributed by atoms with Crippen molar-refractivity contribution < 1.29 is 19.5 Å². The highest BCUT2D eigenvalue weighted by atomic mass is 16.4. The van der Waals surface area contributed by atoms with Crippen LogP contribution in [-0.4, -0.2) is 65.5 Å². The molecule has 0 radical (unpaired) electrons. The van der Waals surface area contributed by atoms with Gasteiger partial charge in [-0.3, -0.25) is 9.59 Å². The van der Waals surface area contributed by atoms with Crippen LogP contribution in [0.2, 0.25) is 0 Å². The van der Waals surface area contributed by atoms with Crippen molar-refractivity contribution in [2.75, 3.05) is 26.7 Å². The molecule has 0 aliphatic rings. The van der Waals surface area contributed by atoms with E-state index in [0.717, 1.165) is 6.42 Å². The minimum atomic E-state index is -0.947. The molecule has 0 saturated carbocycles. The van der Waals surface area contributed by atoms with E-state index in [0.29, 0.717) is 13.1 Å². The summed E-state index contributed by atoms with van der Waals surface area (Å²) >= 11 is 0. The average Bonchev–Trinajstić information content (AvgIpc) is 2.37. The topological polar surface area (TPSA) is 90.0 Å². The zero-order chi connectivity index (χ0) is 15.7. The molecule has 1 atom stereocenters. The second kappa shape index (κ2) is 9.17. The van der Waals surface area contributed by atoms with E-state index in [9.17, 15) is 14.4 Å². The third kappa shape index (κ3) is 5.90. The number of carbonyl (C=O) groups is 3. The van der Waals surface area contributed by atoms with Gasteiger partial charge in [-0.15, -0.1) is 0 Å². The molecule has 0 heterocycles. The molecule has 1 unspecified atom stereocenters. The lowest BCUT2D eigenvalue weighted by Crippen LogP contribution is -2.50. The number of amides is 3. The molecule has 116 valence electrons. The van der Waals surface area contributed by atoms with Crippen LogP contribution in [0.25, 0.3) is 0 Å². The summed E-state index contributed by atoms with van der Waals surface area (Å²) in [5, 5.41) is 11.3. The number of carboxylic acids is 1. The molecular formula is C13H25N3O4. The first-order valence-electron chi connectivity index (χ1n) is 6.85. The fourth-order valence-electron chi connectivity index (χ4n) is 1.94. The molecule has 7 heteroatoms. The number of rotatable bonds is 8. The highest BCUT2D eigenvalue weighted by Crippen LogP contribution is 2.09. The van der Waals surface area contributed by atoms with Crippen LogP contribution in [0.4, 0.5) is 4.79 Å². The SMILES string of the molecule is CCCN(CC(=O)NC)C(=O)N(CC)C(C)CC(=O)O. The molecule has 3 amide bonds. The van der Waals surface area contributed by atoms with Gasteiger partial charge < -0.3 is 20.2 Å². The Hall–Kier alpha value is -1.79. The summed E-state index contributed by atoms with van der Waals surface area (Å²) in [4.78, 5) is 37.5. The molecule has 0 aromatic rings. The fraction of sp³-hybridized carbons (Fsp3) is 0.769. The number of hydrogen-bond acceptors (Lipinski definition) is 3. The van der Waals surface area contributed by atoms with Gasteiger partial charge in [0.05, 0.1) is 6.42 Å². The zero-order valence-corrected chi connectivity index (χ0v) is 12.7. The van der Waals surface area contributed by atoms with E-state index in [-0.39, 0.29) is 24.9 Å². The number of carboxylic acid groups (broad SMARTS) is 1. The molecule has 0 rings (SSSR count). The van der Waals surface area contributed by atoms with Crippen LogP contribution in [0.3, 0.4) is 0 Å². The monoisotopic (exact) mass is 287 g/mol. The Kier molecular flexibility index (Phi) is 8.35. The van der Waals surface area contributed by atoms with Crippen LogP contribution in [0.5, 0.6) is 0 Å². The van der Waals surface area contributed by atoms with Gasteiger partial charge in [-0.2, -0.15) is 0 Å². The summed E-state index contributed by atoms with van der Waals surface area (Å²) in [5.41, 5.74) is 0. The van der Waals surface area contributed by atoms with Gasteiger partial charge in [0, 0.05) is 26.2 Å². The zero-order valence-electron chi connectivity index (χ0n) is 12.7. The number of nitrogens with zero attached hydrogens (tertiary/aromatic N) is 2. The predicted molar refractivity (Wildman–Crippen MR) is 75.4 cm³/mol. The van der Waals surface area contributed by atoms with Crippen LogP contribution in [0, 0.1) is 0 Å². The van der Waals surface area contributed by atoms with Gasteiger partial charge in [0.2, 0.25) is 5.91 Å². The van der Waals surface area contributed by atoms with E-state index in [1.165, 1.54) is 16.8 Å². The van der Waals surface area contributed by atoms with Crippen molar-refractivity contribution in [2.45, 2.75) is 39.7 Å². The Morgan fingerprint density at radius 1 is 1.25 bits per heavy atom. The maximum atomic E-state index is 12.4. The molecule has 7 nitrogen and oxygen atoms in total. The number of carbonyl (C=O) groups excluding carboxylic acids is 2. The van der Waals surface area contributed by atoms with Gasteiger partial charge in [0.25, 0.3) is 0 Å². The second-order valence-corrected chi connectivity index (χ2v) is 4.61. The summed E-state index contributed by atoms with van der Waals surface area (Å²) in [7, 11) is 1.52. The quantitative estimate of drug-likeness (QED) is 0.689. The first kappa shape index (κ1) is 18.2. The lowest BCUT2D eigenvalue weighted by molar-refractivity contribution is -0.138. The molecule has 20 heavy (non-hydrogen) atoms. The maximum absolute atomic E-state index is 12.4. The van der Waals surface area contributed by atoms with E-state index >= 15 is 0 Å². The first-order valence-corrected chi connectivity index (χ1v) is 6.85. The molecule has 0 saturated heterocycles. The van der Waals surface area contributed by atoms with Crippen molar-refractivity contribution in [3.8, 4) is 0 Å². The molecular weight excluding hydrogens is 262 g/mol. The standard InChI is InChI=1S/C13H25N3O4/c1-5-7-15(9-11(17)14-4)13(20)16(6-2)10(3)8-12(18)19/h10H,5-9H2,1-4H3,(H,14,17)(H,18,19). The molecule has 0 spiro atoms. The molecule has 0 aliphatic carbocycles. The van der Waals surface area contributed by atoms with E-state index in [1.807, 2.05) is 6.92 Å². The van der Waals surface area contributed by atoms with Gasteiger partial charge in [0.1, 0.15) is 6.54 Å². The normalized spacial score (nSPS) is 11.6. The maximum Gasteiger partial charge on any atom is 0.320 e. The van der Waals surface area contributed by atoms with Crippen LogP contribution >= 0.6 is 0 Å². The Labute approximate surface area is 119 Å². The number of likely N-dealkylation sites (N-methyl/N-ethyl adjacent to an activating group) is 1. The van der Waals surface area contributed by atoms with Crippen molar-refractivity contribution >= 4 is 17.9 Å². The summed E-state index contributed by atoms with van der Waals surface area (Å²) in [5.74, 6) is -1.19. The summed E-state index contributed by atoms with van der Waals surface area (Å²) in [6, 6.07) is -0.708. The number of nitrogens with one attached hydrogen (secondary N) is 1. The Bertz CT molecular complexity index is 347. The third-order valence-electron chi connectivity index (χ3n) is 2.97. The highest BCUT2D eigenvalue weighted by Gasteiger charge is 2.26. The van der Waals surface area contributed by atoms with Gasteiger partial charge >= 0.3 is 12.0 Å². The van der Waals surface area contributed by atoms with Crippen LogP contribution in [-0.2, 0) is 9.59 Å². The van der Waals surface area contributed by atoms with E-state index in [2.05, 4.69) is 5.32 Å². The summed E-state index contributed by atoms with van der Waals surface area (Å²) in [6.07, 6.45) is 0.618. The van der Waals surface area contributed by atoms with E-state index in [4.69, 9.17) is 5.11 Å². The number of urea groups is 1. The van der Waals surface area contributed by atoms with Gasteiger partial charge in [-0.1, -0.05) is 6.92 Å². The molecule has 0 aromatic carbocycles. The van der Waals surface area contributed by atoms with Crippen molar-refractivity contribution in [3.63, 3.8) is 0 Å². The van der Waals surface area contributed by atoms with Crippen molar-refractivity contribution in [1.82, 2.24) is 15.1 Å². The minimum Gasteiger partial charge on any atom is -0.481 e.